The lowest BCUT2D eigenvalue weighted by Gasteiger charge is -2.14. The molecule has 0 aliphatic rings. The summed E-state index contributed by atoms with van der Waals surface area (Å²) in [5.74, 6) is -1.01. The molecule has 0 saturated carbocycles. The largest absolute Gasteiger partial charge is 0.465 e. The lowest BCUT2D eigenvalue weighted by Crippen LogP contribution is -2.31. The standard InChI is InChI=1S/C21H21ClFN3O4S/c1-24-12-14-10-19(17-8-3-4-9-18(17)23)26(13-14)31(28,29)16-7-5-6-15(11-16)30-20(22)21(27)25-2/h3-11,13,20,24H,12H2,1-2H3,(H,25,27). The molecule has 0 aliphatic carbocycles. The van der Waals surface area contributed by atoms with Gasteiger partial charge >= 0.3 is 0 Å². The molecule has 2 N–H and O–H groups in total. The number of hydrogen-bond donors (Lipinski definition) is 2. The highest BCUT2D eigenvalue weighted by molar-refractivity contribution is 7.90. The number of halogens is 2. The first-order valence-electron chi connectivity index (χ1n) is 9.26. The van der Waals surface area contributed by atoms with Crippen molar-refractivity contribution in [2.24, 2.45) is 0 Å². The van der Waals surface area contributed by atoms with Crippen LogP contribution in [0.1, 0.15) is 5.56 Å². The lowest BCUT2D eigenvalue weighted by atomic mass is 10.1. The number of alkyl halides is 1. The number of carbonyl (C=O) groups is 1. The highest BCUT2D eigenvalue weighted by Crippen LogP contribution is 2.30. The van der Waals surface area contributed by atoms with Crippen molar-refractivity contribution in [1.82, 2.24) is 14.6 Å². The molecule has 2 aromatic carbocycles. The van der Waals surface area contributed by atoms with Crippen LogP contribution in [-0.4, -0.2) is 38.0 Å². The van der Waals surface area contributed by atoms with Crippen LogP contribution in [0.2, 0.25) is 0 Å². The average molecular weight is 466 g/mol. The molecular weight excluding hydrogens is 445 g/mol. The molecule has 0 aliphatic heterocycles. The maximum absolute atomic E-state index is 14.5. The number of rotatable bonds is 8. The first-order valence-corrected chi connectivity index (χ1v) is 11.1. The Morgan fingerprint density at radius 1 is 1.16 bits per heavy atom. The number of ether oxygens (including phenoxy) is 1. The van der Waals surface area contributed by atoms with E-state index in [0.29, 0.717) is 12.1 Å². The third-order valence-electron chi connectivity index (χ3n) is 4.43. The zero-order valence-electron chi connectivity index (χ0n) is 16.8. The van der Waals surface area contributed by atoms with E-state index in [1.54, 1.807) is 19.2 Å². The van der Waals surface area contributed by atoms with Gasteiger partial charge in [0.05, 0.1) is 10.6 Å². The van der Waals surface area contributed by atoms with Gasteiger partial charge in [0.1, 0.15) is 11.6 Å². The van der Waals surface area contributed by atoms with Crippen molar-refractivity contribution in [2.75, 3.05) is 14.1 Å². The number of amides is 1. The van der Waals surface area contributed by atoms with Gasteiger partial charge in [0.15, 0.2) is 0 Å². The SMILES string of the molecule is CNCc1cc(-c2ccccc2F)n(S(=O)(=O)c2cccc(OC(Cl)C(=O)NC)c2)c1. The lowest BCUT2D eigenvalue weighted by molar-refractivity contribution is -0.124. The molecule has 0 spiro atoms. The fourth-order valence-corrected chi connectivity index (χ4v) is 4.61. The summed E-state index contributed by atoms with van der Waals surface area (Å²) >= 11 is 5.87. The minimum atomic E-state index is -4.12. The Bertz CT molecular complexity index is 1200. The molecule has 10 heteroatoms. The molecule has 0 fully saturated rings. The van der Waals surface area contributed by atoms with Crippen LogP contribution in [0.25, 0.3) is 11.3 Å². The monoisotopic (exact) mass is 465 g/mol. The van der Waals surface area contributed by atoms with Gasteiger partial charge in [-0.1, -0.05) is 29.8 Å². The Hall–Kier alpha value is -2.88. The van der Waals surface area contributed by atoms with Gasteiger partial charge in [-0.3, -0.25) is 4.79 Å². The van der Waals surface area contributed by atoms with E-state index >= 15 is 0 Å². The first-order chi connectivity index (χ1) is 14.8. The number of likely N-dealkylation sites (N-methyl/N-ethyl adjacent to an activating group) is 1. The summed E-state index contributed by atoms with van der Waals surface area (Å²) in [5, 5.41) is 5.30. The van der Waals surface area contributed by atoms with E-state index in [1.807, 2.05) is 0 Å². The quantitative estimate of drug-likeness (QED) is 0.499. The second kappa shape index (κ2) is 9.51. The smallest absolute Gasteiger partial charge is 0.276 e. The predicted molar refractivity (Wildman–Crippen MR) is 116 cm³/mol. The second-order valence-electron chi connectivity index (χ2n) is 6.57. The van der Waals surface area contributed by atoms with Crippen molar-refractivity contribution >= 4 is 27.5 Å². The molecule has 3 aromatic rings. The van der Waals surface area contributed by atoms with Gasteiger partial charge in [-0.25, -0.2) is 16.8 Å². The Labute approximate surface area is 184 Å². The molecule has 1 amide bonds. The fourth-order valence-electron chi connectivity index (χ4n) is 2.97. The van der Waals surface area contributed by atoms with E-state index in [1.165, 1.54) is 55.7 Å². The number of carbonyl (C=O) groups excluding carboxylic acids is 1. The zero-order chi connectivity index (χ0) is 22.6. The van der Waals surface area contributed by atoms with Crippen LogP contribution in [0.3, 0.4) is 0 Å². The van der Waals surface area contributed by atoms with Crippen molar-refractivity contribution in [3.05, 3.63) is 72.2 Å². The minimum Gasteiger partial charge on any atom is -0.465 e. The van der Waals surface area contributed by atoms with Gasteiger partial charge in [0.2, 0.25) is 5.56 Å². The number of nitrogens with one attached hydrogen (secondary N) is 2. The van der Waals surface area contributed by atoms with Crippen molar-refractivity contribution in [1.29, 1.82) is 0 Å². The average Bonchev–Trinajstić information content (AvgIpc) is 3.18. The molecule has 31 heavy (non-hydrogen) atoms. The molecule has 0 bridgehead atoms. The summed E-state index contributed by atoms with van der Waals surface area (Å²) in [6.07, 6.45) is 1.44. The third-order valence-corrected chi connectivity index (χ3v) is 6.38. The van der Waals surface area contributed by atoms with Gasteiger partial charge in [-0.05, 0) is 42.9 Å². The molecule has 7 nitrogen and oxygen atoms in total. The molecular formula is C21H21ClFN3O4S. The maximum atomic E-state index is 14.5. The summed E-state index contributed by atoms with van der Waals surface area (Å²) in [6, 6.07) is 13.2. The fraction of sp³-hybridized carbons (Fsp3) is 0.190. The summed E-state index contributed by atoms with van der Waals surface area (Å²) < 4.78 is 47.7. The van der Waals surface area contributed by atoms with Crippen molar-refractivity contribution < 1.29 is 22.3 Å². The van der Waals surface area contributed by atoms with Gasteiger partial charge < -0.3 is 15.4 Å². The number of nitrogens with zero attached hydrogens (tertiary/aromatic N) is 1. The molecule has 0 radical (unpaired) electrons. The molecule has 164 valence electrons. The Balaban J connectivity index is 2.07. The van der Waals surface area contributed by atoms with Gasteiger partial charge in [-0.2, -0.15) is 0 Å². The van der Waals surface area contributed by atoms with Crippen LogP contribution < -0.4 is 15.4 Å². The van der Waals surface area contributed by atoms with E-state index < -0.39 is 27.3 Å². The minimum absolute atomic E-state index is 0.0970. The molecule has 1 heterocycles. The molecule has 1 unspecified atom stereocenters. The summed E-state index contributed by atoms with van der Waals surface area (Å²) in [6.45, 7) is 0.396. The number of benzene rings is 2. The first kappa shape index (κ1) is 22.8. The molecule has 1 atom stereocenters. The molecule has 3 rings (SSSR count). The van der Waals surface area contributed by atoms with Crippen LogP contribution in [0.5, 0.6) is 5.75 Å². The second-order valence-corrected chi connectivity index (χ2v) is 8.78. The van der Waals surface area contributed by atoms with Crippen LogP contribution in [0.4, 0.5) is 4.39 Å². The zero-order valence-corrected chi connectivity index (χ0v) is 18.4. The van der Waals surface area contributed by atoms with E-state index in [2.05, 4.69) is 10.6 Å². The predicted octanol–water partition coefficient (Wildman–Crippen LogP) is 2.94. The summed E-state index contributed by atoms with van der Waals surface area (Å²) in [7, 11) is -0.987. The number of hydrogen-bond acceptors (Lipinski definition) is 5. The van der Waals surface area contributed by atoms with Gasteiger partial charge in [0.25, 0.3) is 15.9 Å². The Kier molecular flexibility index (Phi) is 6.99. The van der Waals surface area contributed by atoms with E-state index in [-0.39, 0.29) is 21.9 Å². The van der Waals surface area contributed by atoms with Crippen LogP contribution in [0, 0.1) is 5.82 Å². The van der Waals surface area contributed by atoms with E-state index in [4.69, 9.17) is 16.3 Å². The van der Waals surface area contributed by atoms with Gasteiger partial charge in [-0.15, -0.1) is 0 Å². The molecule has 0 saturated heterocycles. The third kappa shape index (κ3) is 4.90. The normalized spacial score (nSPS) is 12.4. The topological polar surface area (TPSA) is 89.4 Å². The highest BCUT2D eigenvalue weighted by atomic mass is 35.5. The Morgan fingerprint density at radius 2 is 1.90 bits per heavy atom. The summed E-state index contributed by atoms with van der Waals surface area (Å²) in [5.41, 5.74) is -0.320. The van der Waals surface area contributed by atoms with E-state index in [0.717, 1.165) is 3.97 Å². The summed E-state index contributed by atoms with van der Waals surface area (Å²) in [4.78, 5) is 11.5. The van der Waals surface area contributed by atoms with Gasteiger partial charge in [0, 0.05) is 31.4 Å². The molecule has 1 aromatic heterocycles. The van der Waals surface area contributed by atoms with Crippen LogP contribution >= 0.6 is 11.6 Å². The van der Waals surface area contributed by atoms with Crippen LogP contribution in [0.15, 0.2) is 65.7 Å². The van der Waals surface area contributed by atoms with Crippen LogP contribution in [-0.2, 0) is 21.4 Å². The Morgan fingerprint density at radius 3 is 2.58 bits per heavy atom. The highest BCUT2D eigenvalue weighted by Gasteiger charge is 2.24. The van der Waals surface area contributed by atoms with Crippen molar-refractivity contribution in [3.63, 3.8) is 0 Å². The number of aromatic nitrogens is 1. The maximum Gasteiger partial charge on any atom is 0.276 e. The van der Waals surface area contributed by atoms with Crippen molar-refractivity contribution in [3.8, 4) is 17.0 Å². The van der Waals surface area contributed by atoms with Crippen molar-refractivity contribution in [2.45, 2.75) is 17.0 Å². The van der Waals surface area contributed by atoms with E-state index in [9.17, 15) is 17.6 Å².